The zero-order valence-electron chi connectivity index (χ0n) is 11.4. The minimum absolute atomic E-state index is 0.243. The first-order valence-corrected chi connectivity index (χ1v) is 6.30. The predicted octanol–water partition coefficient (Wildman–Crippen LogP) is 0.603. The minimum Gasteiger partial charge on any atom is -0.493 e. The summed E-state index contributed by atoms with van der Waals surface area (Å²) < 4.78 is 10.4. The van der Waals surface area contributed by atoms with Gasteiger partial charge in [-0.1, -0.05) is 0 Å². The molecule has 0 aromatic heterocycles. The highest BCUT2D eigenvalue weighted by Crippen LogP contribution is 2.42. The normalized spacial score (nSPS) is 24.9. The lowest BCUT2D eigenvalue weighted by Crippen LogP contribution is -2.37. The largest absolute Gasteiger partial charge is 0.493 e. The Hall–Kier alpha value is -1.79. The van der Waals surface area contributed by atoms with Crippen LogP contribution in [-0.4, -0.2) is 42.1 Å². The molecular weight excluding hydrogens is 264 g/mol. The molecule has 0 amide bonds. The molecule has 0 aliphatic heterocycles. The summed E-state index contributed by atoms with van der Waals surface area (Å²) in [7, 11) is 2.98. The molecule has 3 atom stereocenters. The lowest BCUT2D eigenvalue weighted by Gasteiger charge is -2.34. The molecule has 0 saturated heterocycles. The fraction of sp³-hybridized carbons (Fsp3) is 0.500. The van der Waals surface area contributed by atoms with Crippen molar-refractivity contribution in [2.45, 2.75) is 12.5 Å². The molecule has 0 saturated carbocycles. The number of fused-ring (bicyclic) bond motifs is 1. The van der Waals surface area contributed by atoms with Gasteiger partial charge in [-0.3, -0.25) is 4.79 Å². The number of carboxylic acids is 1. The van der Waals surface area contributed by atoms with E-state index in [4.69, 9.17) is 9.47 Å². The second-order valence-electron chi connectivity index (χ2n) is 4.85. The predicted molar refractivity (Wildman–Crippen MR) is 69.9 cm³/mol. The molecule has 1 aromatic rings. The summed E-state index contributed by atoms with van der Waals surface area (Å²) in [5.41, 5.74) is 1.28. The Morgan fingerprint density at radius 1 is 1.30 bits per heavy atom. The number of carboxylic acid groups (broad SMARTS) is 1. The van der Waals surface area contributed by atoms with E-state index in [1.165, 1.54) is 14.2 Å². The van der Waals surface area contributed by atoms with Crippen LogP contribution in [0.5, 0.6) is 11.5 Å². The van der Waals surface area contributed by atoms with Crippen LogP contribution in [0.4, 0.5) is 0 Å². The van der Waals surface area contributed by atoms with Gasteiger partial charge in [0.2, 0.25) is 0 Å². The van der Waals surface area contributed by atoms with Gasteiger partial charge in [0, 0.05) is 12.5 Å². The Bertz CT molecular complexity index is 513. The summed E-state index contributed by atoms with van der Waals surface area (Å²) >= 11 is 0. The van der Waals surface area contributed by atoms with Crippen LogP contribution >= 0.6 is 0 Å². The smallest absolute Gasteiger partial charge is 0.307 e. The summed E-state index contributed by atoms with van der Waals surface area (Å²) in [6, 6.07) is 3.32. The number of hydrogen-bond acceptors (Lipinski definition) is 5. The third-order valence-corrected chi connectivity index (χ3v) is 3.85. The summed E-state index contributed by atoms with van der Waals surface area (Å²) in [6.07, 6.45) is -0.794. The minimum atomic E-state index is -1.04. The van der Waals surface area contributed by atoms with Gasteiger partial charge in [0.25, 0.3) is 0 Å². The van der Waals surface area contributed by atoms with Crippen molar-refractivity contribution >= 4 is 5.97 Å². The van der Waals surface area contributed by atoms with Crippen molar-refractivity contribution in [3.05, 3.63) is 23.3 Å². The average Bonchev–Trinajstić information content (AvgIpc) is 2.45. The number of hydrogen-bond donors (Lipinski definition) is 3. The third-order valence-electron chi connectivity index (χ3n) is 3.85. The van der Waals surface area contributed by atoms with Crippen molar-refractivity contribution in [2.75, 3.05) is 20.8 Å². The molecule has 3 N–H and O–H groups in total. The van der Waals surface area contributed by atoms with Crippen LogP contribution in [0.1, 0.15) is 17.2 Å². The van der Waals surface area contributed by atoms with Crippen LogP contribution in [0.15, 0.2) is 12.1 Å². The van der Waals surface area contributed by atoms with Crippen molar-refractivity contribution in [2.24, 2.45) is 11.8 Å². The van der Waals surface area contributed by atoms with E-state index in [1.807, 2.05) is 0 Å². The molecule has 1 aromatic carbocycles. The highest BCUT2D eigenvalue weighted by atomic mass is 16.5. The highest BCUT2D eigenvalue weighted by Gasteiger charge is 2.40. The van der Waals surface area contributed by atoms with Gasteiger partial charge in [-0.05, 0) is 29.7 Å². The maximum absolute atomic E-state index is 11.3. The number of rotatable bonds is 4. The van der Waals surface area contributed by atoms with E-state index in [9.17, 15) is 20.1 Å². The molecule has 1 aliphatic rings. The van der Waals surface area contributed by atoms with Gasteiger partial charge in [-0.15, -0.1) is 0 Å². The van der Waals surface area contributed by atoms with Crippen molar-refractivity contribution < 1.29 is 29.6 Å². The molecule has 1 aliphatic carbocycles. The fourth-order valence-electron chi connectivity index (χ4n) is 2.73. The Balaban J connectivity index is 2.50. The van der Waals surface area contributed by atoms with E-state index in [0.29, 0.717) is 22.6 Å². The number of methoxy groups -OCH3 is 2. The molecule has 110 valence electrons. The molecule has 20 heavy (non-hydrogen) atoms. The molecule has 6 heteroatoms. The summed E-state index contributed by atoms with van der Waals surface area (Å²) in [6.45, 7) is -0.383. The van der Waals surface area contributed by atoms with Crippen molar-refractivity contribution in [3.8, 4) is 11.5 Å². The number of benzene rings is 1. The van der Waals surface area contributed by atoms with Gasteiger partial charge < -0.3 is 24.8 Å². The van der Waals surface area contributed by atoms with E-state index in [-0.39, 0.29) is 13.0 Å². The highest BCUT2D eigenvalue weighted by molar-refractivity contribution is 5.72. The number of aliphatic carboxylic acids is 1. The van der Waals surface area contributed by atoms with Gasteiger partial charge in [-0.25, -0.2) is 0 Å². The molecule has 0 fully saturated rings. The molecule has 0 bridgehead atoms. The van der Waals surface area contributed by atoms with E-state index in [1.54, 1.807) is 12.1 Å². The first-order valence-electron chi connectivity index (χ1n) is 6.30. The Labute approximate surface area is 116 Å². The number of carbonyl (C=O) groups is 1. The fourth-order valence-corrected chi connectivity index (χ4v) is 2.73. The summed E-state index contributed by atoms with van der Waals surface area (Å²) in [4.78, 5) is 11.3. The maximum Gasteiger partial charge on any atom is 0.307 e. The molecule has 2 rings (SSSR count). The van der Waals surface area contributed by atoms with Crippen LogP contribution < -0.4 is 9.47 Å². The average molecular weight is 282 g/mol. The van der Waals surface area contributed by atoms with Crippen molar-refractivity contribution in [1.29, 1.82) is 0 Å². The van der Waals surface area contributed by atoms with E-state index in [2.05, 4.69) is 0 Å². The molecular formula is C14H18O6. The SMILES string of the molecule is COc1cc2c(cc1OC)C(O)C(CO)C(C(=O)O)C2. The van der Waals surface area contributed by atoms with E-state index in [0.717, 1.165) is 0 Å². The topological polar surface area (TPSA) is 96.2 Å². The first kappa shape index (κ1) is 14.6. The van der Waals surface area contributed by atoms with Gasteiger partial charge in [0.05, 0.1) is 26.2 Å². The zero-order valence-corrected chi connectivity index (χ0v) is 11.4. The molecule has 0 heterocycles. The second-order valence-corrected chi connectivity index (χ2v) is 4.85. The van der Waals surface area contributed by atoms with Crippen LogP contribution in [0.3, 0.4) is 0 Å². The lowest BCUT2D eigenvalue weighted by molar-refractivity contribution is -0.147. The van der Waals surface area contributed by atoms with Gasteiger partial charge in [0.15, 0.2) is 11.5 Å². The first-order chi connectivity index (χ1) is 9.53. The van der Waals surface area contributed by atoms with Crippen LogP contribution in [0.25, 0.3) is 0 Å². The Morgan fingerprint density at radius 3 is 2.40 bits per heavy atom. The summed E-state index contributed by atoms with van der Waals surface area (Å²) in [5, 5.41) is 28.9. The zero-order chi connectivity index (χ0) is 14.9. The van der Waals surface area contributed by atoms with Crippen LogP contribution in [0.2, 0.25) is 0 Å². The van der Waals surface area contributed by atoms with Crippen LogP contribution in [0, 0.1) is 11.8 Å². The Morgan fingerprint density at radius 2 is 1.90 bits per heavy atom. The van der Waals surface area contributed by atoms with E-state index >= 15 is 0 Å². The molecule has 0 spiro atoms. The Kier molecular flexibility index (Phi) is 4.15. The third kappa shape index (κ3) is 2.32. The second kappa shape index (κ2) is 5.68. The number of ether oxygens (including phenoxy) is 2. The van der Waals surface area contributed by atoms with Gasteiger partial charge >= 0.3 is 5.97 Å². The number of aliphatic hydroxyl groups is 2. The van der Waals surface area contributed by atoms with Crippen molar-refractivity contribution in [1.82, 2.24) is 0 Å². The molecule has 3 unspecified atom stereocenters. The summed E-state index contributed by atoms with van der Waals surface area (Å²) in [5.74, 6) is -1.61. The van der Waals surface area contributed by atoms with Crippen LogP contribution in [-0.2, 0) is 11.2 Å². The molecule has 6 nitrogen and oxygen atoms in total. The van der Waals surface area contributed by atoms with Gasteiger partial charge in [-0.2, -0.15) is 0 Å². The van der Waals surface area contributed by atoms with Gasteiger partial charge in [0.1, 0.15) is 0 Å². The molecule has 0 radical (unpaired) electrons. The quantitative estimate of drug-likeness (QED) is 0.748. The standard InChI is InChI=1S/C14H18O6/c1-19-11-4-7-3-9(14(17)18)10(6-15)13(16)8(7)5-12(11)20-2/h4-5,9-10,13,15-16H,3,6H2,1-2H3,(H,17,18). The van der Waals surface area contributed by atoms with E-state index < -0.39 is 23.9 Å². The number of aliphatic hydroxyl groups excluding tert-OH is 2. The maximum atomic E-state index is 11.3. The van der Waals surface area contributed by atoms with Crippen molar-refractivity contribution in [3.63, 3.8) is 0 Å². The lowest BCUT2D eigenvalue weighted by atomic mass is 9.74. The monoisotopic (exact) mass is 282 g/mol.